The van der Waals surface area contributed by atoms with Crippen LogP contribution in [-0.4, -0.2) is 6.04 Å². The van der Waals surface area contributed by atoms with Crippen LogP contribution in [0.25, 0.3) is 0 Å². The van der Waals surface area contributed by atoms with E-state index in [0.29, 0.717) is 6.04 Å². The average Bonchev–Trinajstić information content (AvgIpc) is 2.58. The lowest BCUT2D eigenvalue weighted by Crippen LogP contribution is -2.32. The second kappa shape index (κ2) is 8.54. The second-order valence-electron chi connectivity index (χ2n) is 13.9. The largest absolute Gasteiger partial charge is 0.338 e. The van der Waals surface area contributed by atoms with Gasteiger partial charge in [-0.3, -0.25) is 0 Å². The molecule has 0 N–H and O–H groups in total. The van der Waals surface area contributed by atoms with Crippen LogP contribution >= 0.6 is 0 Å². The van der Waals surface area contributed by atoms with Crippen LogP contribution in [0.1, 0.15) is 119 Å². The lowest BCUT2D eigenvalue weighted by molar-refractivity contribution is 0.562. The molecular formula is C31H49N. The molecule has 0 aliphatic carbocycles. The smallest absolute Gasteiger partial charge is 0.0451 e. The molecule has 0 saturated heterocycles. The maximum Gasteiger partial charge on any atom is 0.0451 e. The van der Waals surface area contributed by atoms with Crippen molar-refractivity contribution >= 4 is 11.4 Å². The molecule has 0 heterocycles. The first-order valence-corrected chi connectivity index (χ1v) is 12.3. The molecule has 0 amide bonds. The van der Waals surface area contributed by atoms with Gasteiger partial charge in [0.15, 0.2) is 0 Å². The maximum absolute atomic E-state index is 2.57. The number of benzene rings is 2. The van der Waals surface area contributed by atoms with Crippen molar-refractivity contribution in [3.05, 3.63) is 58.7 Å². The summed E-state index contributed by atoms with van der Waals surface area (Å²) in [6.45, 7) is 32.5. The van der Waals surface area contributed by atoms with Crippen molar-refractivity contribution in [2.45, 2.75) is 125 Å². The van der Waals surface area contributed by atoms with Crippen LogP contribution in [0.3, 0.4) is 0 Å². The van der Waals surface area contributed by atoms with Crippen molar-refractivity contribution in [3.63, 3.8) is 0 Å². The van der Waals surface area contributed by atoms with Crippen molar-refractivity contribution in [1.82, 2.24) is 0 Å². The molecule has 32 heavy (non-hydrogen) atoms. The quantitative estimate of drug-likeness (QED) is 0.464. The van der Waals surface area contributed by atoms with E-state index >= 15 is 0 Å². The first kappa shape index (κ1) is 26.5. The van der Waals surface area contributed by atoms with Gasteiger partial charge in [-0.1, -0.05) is 107 Å². The van der Waals surface area contributed by atoms with Gasteiger partial charge >= 0.3 is 0 Å². The maximum atomic E-state index is 2.57. The lowest BCUT2D eigenvalue weighted by Gasteiger charge is -2.39. The Bertz CT molecular complexity index is 859. The molecule has 2 aromatic carbocycles. The summed E-state index contributed by atoms with van der Waals surface area (Å²) in [6.07, 6.45) is 0. The molecule has 0 aliphatic rings. The van der Waals surface area contributed by atoms with E-state index in [1.165, 1.54) is 33.6 Å². The molecule has 0 spiro atoms. The van der Waals surface area contributed by atoms with Gasteiger partial charge in [0.25, 0.3) is 0 Å². The lowest BCUT2D eigenvalue weighted by atomic mass is 9.78. The van der Waals surface area contributed by atoms with E-state index in [0.717, 1.165) is 0 Å². The van der Waals surface area contributed by atoms with E-state index in [1.54, 1.807) is 0 Å². The predicted molar refractivity (Wildman–Crippen MR) is 145 cm³/mol. The minimum absolute atomic E-state index is 0.0526. The Hall–Kier alpha value is -1.76. The number of nitrogens with zero attached hydrogens (tertiary/aromatic N) is 1. The third-order valence-electron chi connectivity index (χ3n) is 6.38. The predicted octanol–water partition coefficient (Wildman–Crippen LogP) is 9.42. The summed E-state index contributed by atoms with van der Waals surface area (Å²) in [4.78, 5) is 2.57. The zero-order chi connectivity index (χ0) is 24.9. The van der Waals surface area contributed by atoms with E-state index in [2.05, 4.69) is 138 Å². The molecular weight excluding hydrogens is 386 g/mol. The van der Waals surface area contributed by atoms with Gasteiger partial charge in [-0.2, -0.15) is 0 Å². The minimum atomic E-state index is 0.0526. The number of rotatable bonds is 3. The second-order valence-corrected chi connectivity index (χ2v) is 13.9. The summed E-state index contributed by atoms with van der Waals surface area (Å²) < 4.78 is 0. The van der Waals surface area contributed by atoms with Gasteiger partial charge in [0.1, 0.15) is 0 Å². The van der Waals surface area contributed by atoms with Gasteiger partial charge in [0.05, 0.1) is 0 Å². The van der Waals surface area contributed by atoms with Crippen LogP contribution in [0.2, 0.25) is 0 Å². The molecule has 0 atom stereocenters. The Morgan fingerprint density at radius 3 is 1.03 bits per heavy atom. The van der Waals surface area contributed by atoms with E-state index in [4.69, 9.17) is 0 Å². The van der Waals surface area contributed by atoms with Crippen molar-refractivity contribution in [2.24, 2.45) is 0 Å². The highest BCUT2D eigenvalue weighted by atomic mass is 15.2. The molecule has 0 bridgehead atoms. The van der Waals surface area contributed by atoms with Crippen LogP contribution in [0.15, 0.2) is 36.4 Å². The summed E-state index contributed by atoms with van der Waals surface area (Å²) in [6, 6.07) is 14.6. The van der Waals surface area contributed by atoms with Crippen LogP contribution < -0.4 is 4.90 Å². The van der Waals surface area contributed by atoms with E-state index in [-0.39, 0.29) is 21.7 Å². The van der Waals surface area contributed by atoms with E-state index in [1.807, 2.05) is 0 Å². The minimum Gasteiger partial charge on any atom is -0.338 e. The molecule has 1 nitrogen and oxygen atoms in total. The standard InChI is InChI=1S/C31H49N/c1-21(2)32(26-17-15-22(28(3,4)5)19-24(26)30(9,10)11)27-18-16-23(29(6,7)8)20-25(27)31(12,13)14/h15-21H,1-14H3. The zero-order valence-corrected chi connectivity index (χ0v) is 23.5. The first-order chi connectivity index (χ1) is 14.2. The fourth-order valence-corrected chi connectivity index (χ4v) is 4.31. The summed E-state index contributed by atoms with van der Waals surface area (Å²) in [5.74, 6) is 0. The van der Waals surface area contributed by atoms with Gasteiger partial charge in [0.2, 0.25) is 0 Å². The molecule has 0 saturated carbocycles. The molecule has 0 aliphatic heterocycles. The Balaban J connectivity index is 2.87. The van der Waals surface area contributed by atoms with Gasteiger partial charge in [-0.25, -0.2) is 0 Å². The molecule has 178 valence electrons. The Labute approximate surface area is 199 Å². The Morgan fingerprint density at radius 1 is 0.500 bits per heavy atom. The number of hydrogen-bond acceptors (Lipinski definition) is 1. The Kier molecular flexibility index (Phi) is 7.07. The van der Waals surface area contributed by atoms with E-state index < -0.39 is 0 Å². The van der Waals surface area contributed by atoms with Crippen molar-refractivity contribution in [2.75, 3.05) is 4.90 Å². The fraction of sp³-hybridized carbons (Fsp3) is 0.613. The van der Waals surface area contributed by atoms with Crippen molar-refractivity contribution in [1.29, 1.82) is 0 Å². The summed E-state index contributed by atoms with van der Waals surface area (Å²) in [5.41, 5.74) is 8.65. The molecule has 0 radical (unpaired) electrons. The third kappa shape index (κ3) is 5.77. The highest BCUT2D eigenvalue weighted by Gasteiger charge is 2.30. The zero-order valence-electron chi connectivity index (χ0n) is 23.5. The highest BCUT2D eigenvalue weighted by Crippen LogP contribution is 2.44. The topological polar surface area (TPSA) is 3.24 Å². The number of hydrogen-bond donors (Lipinski definition) is 0. The number of anilines is 2. The monoisotopic (exact) mass is 435 g/mol. The summed E-state index contributed by atoms with van der Waals surface area (Å²) in [7, 11) is 0. The van der Waals surface area contributed by atoms with Crippen LogP contribution in [0.5, 0.6) is 0 Å². The van der Waals surface area contributed by atoms with Gasteiger partial charge in [-0.15, -0.1) is 0 Å². The van der Waals surface area contributed by atoms with Crippen LogP contribution in [0, 0.1) is 0 Å². The van der Waals surface area contributed by atoms with Gasteiger partial charge in [0, 0.05) is 17.4 Å². The van der Waals surface area contributed by atoms with Crippen LogP contribution in [-0.2, 0) is 21.7 Å². The van der Waals surface area contributed by atoms with Crippen molar-refractivity contribution in [3.8, 4) is 0 Å². The third-order valence-corrected chi connectivity index (χ3v) is 6.38. The molecule has 2 rings (SSSR count). The van der Waals surface area contributed by atoms with Gasteiger partial charge < -0.3 is 4.90 Å². The normalized spacial score (nSPS) is 13.6. The summed E-state index contributed by atoms with van der Waals surface area (Å²) >= 11 is 0. The van der Waals surface area contributed by atoms with Gasteiger partial charge in [-0.05, 0) is 69.9 Å². The molecule has 0 unspecified atom stereocenters. The van der Waals surface area contributed by atoms with Crippen LogP contribution in [0.4, 0.5) is 11.4 Å². The van der Waals surface area contributed by atoms with Crippen molar-refractivity contribution < 1.29 is 0 Å². The fourth-order valence-electron chi connectivity index (χ4n) is 4.31. The SMILES string of the molecule is CC(C)N(c1ccc(C(C)(C)C)cc1C(C)(C)C)c1ccc(C(C)(C)C)cc1C(C)(C)C. The van der Waals surface area contributed by atoms with E-state index in [9.17, 15) is 0 Å². The molecule has 1 heteroatoms. The molecule has 0 aromatic heterocycles. The Morgan fingerprint density at radius 2 is 0.812 bits per heavy atom. The molecule has 0 fully saturated rings. The highest BCUT2D eigenvalue weighted by molar-refractivity contribution is 5.73. The average molecular weight is 436 g/mol. The molecule has 2 aromatic rings. The first-order valence-electron chi connectivity index (χ1n) is 12.3. The summed E-state index contributed by atoms with van der Waals surface area (Å²) in [5, 5.41) is 0.